The van der Waals surface area contributed by atoms with E-state index >= 15 is 0 Å². The highest BCUT2D eigenvalue weighted by atomic mass is 35.5. The van der Waals surface area contributed by atoms with Crippen molar-refractivity contribution in [2.24, 2.45) is 0 Å². The molecule has 1 amide bonds. The van der Waals surface area contributed by atoms with Gasteiger partial charge < -0.3 is 9.47 Å². The highest BCUT2D eigenvalue weighted by molar-refractivity contribution is 7.21. The monoisotopic (exact) mass is 396 g/mol. The minimum absolute atomic E-state index is 0.0675. The van der Waals surface area contributed by atoms with E-state index in [4.69, 9.17) is 11.6 Å². The summed E-state index contributed by atoms with van der Waals surface area (Å²) in [6.07, 6.45) is 1.04. The summed E-state index contributed by atoms with van der Waals surface area (Å²) in [6.45, 7) is 0.462. The van der Waals surface area contributed by atoms with Crippen LogP contribution < -0.4 is 5.56 Å². The van der Waals surface area contributed by atoms with Crippen molar-refractivity contribution in [3.63, 3.8) is 0 Å². The molecule has 0 bridgehead atoms. The lowest BCUT2D eigenvalue weighted by atomic mass is 10.2. The lowest BCUT2D eigenvalue weighted by molar-refractivity contribution is -0.131. The van der Waals surface area contributed by atoms with Gasteiger partial charge in [0, 0.05) is 33.3 Å². The lowest BCUT2D eigenvalue weighted by Crippen LogP contribution is -2.35. The first-order valence-corrected chi connectivity index (χ1v) is 9.88. The fourth-order valence-electron chi connectivity index (χ4n) is 3.04. The van der Waals surface area contributed by atoms with Crippen molar-refractivity contribution in [2.75, 3.05) is 13.1 Å². The number of amides is 1. The lowest BCUT2D eigenvalue weighted by Gasteiger charge is -2.16. The Morgan fingerprint density at radius 2 is 2.20 bits per heavy atom. The molecule has 0 radical (unpaired) electrons. The van der Waals surface area contributed by atoms with Crippen LogP contribution in [-0.2, 0) is 11.3 Å². The summed E-state index contributed by atoms with van der Waals surface area (Å²) in [5.41, 5.74) is 0.635. The smallest absolute Gasteiger partial charge is 0.260 e. The molecule has 1 aliphatic heterocycles. The van der Waals surface area contributed by atoms with E-state index in [9.17, 15) is 14.0 Å². The predicted octanol–water partition coefficient (Wildman–Crippen LogP) is 4.02. The number of thiophene rings is 2. The molecular formula is C17H14ClFN2O2S2. The average Bonchev–Trinajstić information content (AvgIpc) is 3.29. The van der Waals surface area contributed by atoms with Gasteiger partial charge in [0.25, 0.3) is 5.56 Å². The molecule has 3 aromatic rings. The number of alkyl halides is 1. The van der Waals surface area contributed by atoms with Gasteiger partial charge in [-0.15, -0.1) is 22.7 Å². The van der Waals surface area contributed by atoms with Gasteiger partial charge in [0.2, 0.25) is 5.91 Å². The number of hydrogen-bond donors (Lipinski definition) is 0. The molecule has 1 unspecified atom stereocenters. The quantitative estimate of drug-likeness (QED) is 0.671. The molecule has 1 atom stereocenters. The molecular weight excluding hydrogens is 383 g/mol. The van der Waals surface area contributed by atoms with Crippen LogP contribution in [0.15, 0.2) is 34.6 Å². The number of aromatic nitrogens is 1. The van der Waals surface area contributed by atoms with Crippen molar-refractivity contribution in [1.29, 1.82) is 0 Å². The van der Waals surface area contributed by atoms with Crippen LogP contribution in [-0.4, -0.2) is 34.6 Å². The number of nitrogens with zero attached hydrogens (tertiary/aromatic N) is 2. The standard InChI is InChI=1S/C17H14ClFN2O2S2/c18-14-2-1-12(25-14)11-9-24-13-4-6-21(17(23)16(11)13)8-15(22)20-5-3-10(19)7-20/h1-2,4,6,9-10H,3,5,7-8H2. The van der Waals surface area contributed by atoms with E-state index in [2.05, 4.69) is 0 Å². The van der Waals surface area contributed by atoms with Crippen molar-refractivity contribution in [2.45, 2.75) is 19.1 Å². The molecule has 0 saturated carbocycles. The third-order valence-electron chi connectivity index (χ3n) is 4.33. The summed E-state index contributed by atoms with van der Waals surface area (Å²) in [7, 11) is 0. The van der Waals surface area contributed by atoms with Crippen molar-refractivity contribution < 1.29 is 9.18 Å². The zero-order valence-electron chi connectivity index (χ0n) is 13.1. The van der Waals surface area contributed by atoms with Crippen molar-refractivity contribution >= 4 is 50.3 Å². The average molecular weight is 397 g/mol. The Hall–Kier alpha value is -1.70. The maximum absolute atomic E-state index is 13.3. The number of pyridine rings is 1. The molecule has 130 valence electrons. The summed E-state index contributed by atoms with van der Waals surface area (Å²) < 4.78 is 16.2. The van der Waals surface area contributed by atoms with Crippen LogP contribution in [0.4, 0.5) is 4.39 Å². The Morgan fingerprint density at radius 1 is 1.36 bits per heavy atom. The minimum atomic E-state index is -0.963. The van der Waals surface area contributed by atoms with Crippen LogP contribution in [0.5, 0.6) is 0 Å². The number of hydrogen-bond acceptors (Lipinski definition) is 4. The Bertz CT molecular complexity index is 1010. The molecule has 25 heavy (non-hydrogen) atoms. The van der Waals surface area contributed by atoms with Crippen LogP contribution in [0.3, 0.4) is 0 Å². The van der Waals surface area contributed by atoms with Gasteiger partial charge in [-0.05, 0) is 24.6 Å². The van der Waals surface area contributed by atoms with Crippen molar-refractivity contribution in [3.8, 4) is 10.4 Å². The maximum atomic E-state index is 13.3. The number of carbonyl (C=O) groups is 1. The molecule has 4 rings (SSSR count). The normalized spacial score (nSPS) is 17.5. The van der Waals surface area contributed by atoms with Gasteiger partial charge >= 0.3 is 0 Å². The maximum Gasteiger partial charge on any atom is 0.260 e. The third-order valence-corrected chi connectivity index (χ3v) is 6.54. The van der Waals surface area contributed by atoms with Gasteiger partial charge in [-0.3, -0.25) is 9.59 Å². The number of halogens is 2. The van der Waals surface area contributed by atoms with Crippen LogP contribution in [0.25, 0.3) is 20.5 Å². The highest BCUT2D eigenvalue weighted by Gasteiger charge is 2.26. The first-order chi connectivity index (χ1) is 12.0. The fraction of sp³-hybridized carbons (Fsp3) is 0.294. The van der Waals surface area contributed by atoms with Crippen LogP contribution in [0.1, 0.15) is 6.42 Å². The Morgan fingerprint density at radius 3 is 2.88 bits per heavy atom. The van der Waals surface area contributed by atoms with Crippen LogP contribution in [0, 0.1) is 0 Å². The second kappa shape index (κ2) is 6.55. The van der Waals surface area contributed by atoms with Crippen LogP contribution >= 0.6 is 34.3 Å². The van der Waals surface area contributed by atoms with Gasteiger partial charge in [0.05, 0.1) is 16.3 Å². The predicted molar refractivity (Wildman–Crippen MR) is 101 cm³/mol. The summed E-state index contributed by atoms with van der Waals surface area (Å²) >= 11 is 8.92. The molecule has 1 saturated heterocycles. The molecule has 3 aromatic heterocycles. The summed E-state index contributed by atoms with van der Waals surface area (Å²) in [6, 6.07) is 5.54. The van der Waals surface area contributed by atoms with Crippen molar-refractivity contribution in [1.82, 2.24) is 9.47 Å². The van der Waals surface area contributed by atoms with Crippen molar-refractivity contribution in [3.05, 3.63) is 44.5 Å². The Labute approximate surface area is 156 Å². The molecule has 0 aromatic carbocycles. The zero-order chi connectivity index (χ0) is 17.6. The van der Waals surface area contributed by atoms with Gasteiger partial charge in [-0.2, -0.15) is 0 Å². The van der Waals surface area contributed by atoms with E-state index in [1.54, 1.807) is 12.3 Å². The highest BCUT2D eigenvalue weighted by Crippen LogP contribution is 2.37. The molecule has 0 spiro atoms. The van der Waals surface area contributed by atoms with E-state index in [1.807, 2.05) is 17.5 Å². The second-order valence-electron chi connectivity index (χ2n) is 5.97. The van der Waals surface area contributed by atoms with Gasteiger partial charge in [0.15, 0.2) is 0 Å². The molecule has 4 nitrogen and oxygen atoms in total. The number of fused-ring (bicyclic) bond motifs is 1. The van der Waals surface area contributed by atoms with Gasteiger partial charge in [0.1, 0.15) is 12.7 Å². The minimum Gasteiger partial charge on any atom is -0.338 e. The van der Waals surface area contributed by atoms with Gasteiger partial charge in [-0.25, -0.2) is 4.39 Å². The topological polar surface area (TPSA) is 42.3 Å². The first kappa shape index (κ1) is 16.8. The third kappa shape index (κ3) is 3.12. The summed E-state index contributed by atoms with van der Waals surface area (Å²) in [5.74, 6) is -0.224. The van der Waals surface area contributed by atoms with E-state index in [1.165, 1.54) is 32.1 Å². The summed E-state index contributed by atoms with van der Waals surface area (Å²) in [4.78, 5) is 27.6. The molecule has 8 heteroatoms. The van der Waals surface area contributed by atoms with E-state index < -0.39 is 6.17 Å². The molecule has 4 heterocycles. The molecule has 1 fully saturated rings. The SMILES string of the molecule is O=C(Cn1ccc2scc(-c3ccc(Cl)s3)c2c1=O)N1CCC(F)C1. The van der Waals surface area contributed by atoms with Gasteiger partial charge in [-0.1, -0.05) is 11.6 Å². The fourth-order valence-corrected chi connectivity index (χ4v) is 5.12. The Balaban J connectivity index is 1.70. The van der Waals surface area contributed by atoms with E-state index in [-0.39, 0.29) is 24.6 Å². The van der Waals surface area contributed by atoms with Crippen LogP contribution in [0.2, 0.25) is 4.34 Å². The zero-order valence-corrected chi connectivity index (χ0v) is 15.5. The Kier molecular flexibility index (Phi) is 4.39. The molecule has 0 aliphatic carbocycles. The summed E-state index contributed by atoms with van der Waals surface area (Å²) in [5, 5.41) is 2.54. The second-order valence-corrected chi connectivity index (χ2v) is 8.59. The number of carbonyl (C=O) groups excluding carboxylic acids is 1. The molecule has 0 N–H and O–H groups in total. The largest absolute Gasteiger partial charge is 0.338 e. The van der Waals surface area contributed by atoms with E-state index in [0.29, 0.717) is 22.7 Å². The first-order valence-electron chi connectivity index (χ1n) is 7.81. The number of rotatable bonds is 3. The number of likely N-dealkylation sites (tertiary alicyclic amines) is 1. The molecule has 1 aliphatic rings. The van der Waals surface area contributed by atoms with E-state index in [0.717, 1.165) is 15.1 Å².